The Kier molecular flexibility index (Phi) is 4.87. The second-order valence-corrected chi connectivity index (χ2v) is 4.99. The number of ketones is 1. The first-order valence-electron chi connectivity index (χ1n) is 6.33. The Morgan fingerprint density at radius 2 is 1.72 bits per heavy atom. The molecule has 0 amide bonds. The number of Topliss-reactive ketones (excluding diaryl/α,β-unsaturated/α-hetero) is 1. The Morgan fingerprint density at radius 3 is 2.22 bits per heavy atom. The van der Waals surface area contributed by atoms with Gasteiger partial charge in [-0.05, 0) is 6.42 Å². The van der Waals surface area contributed by atoms with Gasteiger partial charge in [-0.2, -0.15) is 0 Å². The molecule has 5 heteroatoms. The molecule has 0 aromatic carbocycles. The van der Waals surface area contributed by atoms with E-state index in [1.54, 1.807) is 0 Å². The molecule has 102 valence electrons. The number of hydrogen-bond donors (Lipinski definition) is 0. The van der Waals surface area contributed by atoms with Crippen LogP contribution in [-0.2, 0) is 23.9 Å². The highest BCUT2D eigenvalue weighted by Crippen LogP contribution is 2.25. The van der Waals surface area contributed by atoms with Gasteiger partial charge in [0.15, 0.2) is 5.92 Å². The first-order chi connectivity index (χ1) is 8.35. The number of ether oxygens (including phenoxy) is 2. The minimum atomic E-state index is -1.23. The summed E-state index contributed by atoms with van der Waals surface area (Å²) in [5, 5.41) is 0. The molecule has 0 atom stereocenters. The molecule has 0 aromatic heterocycles. The third kappa shape index (κ3) is 4.13. The van der Waals surface area contributed by atoms with Crippen LogP contribution in [0.5, 0.6) is 0 Å². The number of carbonyl (C=O) groups is 3. The van der Waals surface area contributed by atoms with Crippen molar-refractivity contribution < 1.29 is 23.9 Å². The van der Waals surface area contributed by atoms with E-state index in [0.29, 0.717) is 6.42 Å². The molecule has 0 spiro atoms. The molecular formula is C13H20O5. The van der Waals surface area contributed by atoms with Gasteiger partial charge in [-0.15, -0.1) is 0 Å². The topological polar surface area (TPSA) is 69.7 Å². The molecule has 1 aliphatic heterocycles. The fraction of sp³-hybridized carbons (Fsp3) is 0.769. The zero-order chi connectivity index (χ0) is 13.8. The van der Waals surface area contributed by atoms with Crippen molar-refractivity contribution in [3.8, 4) is 0 Å². The van der Waals surface area contributed by atoms with E-state index in [9.17, 15) is 14.4 Å². The van der Waals surface area contributed by atoms with Crippen LogP contribution in [0.1, 0.15) is 52.9 Å². The van der Waals surface area contributed by atoms with Crippen molar-refractivity contribution in [2.45, 2.75) is 58.7 Å². The lowest BCUT2D eigenvalue weighted by molar-refractivity contribution is -0.240. The van der Waals surface area contributed by atoms with Gasteiger partial charge in [-0.25, -0.2) is 0 Å². The van der Waals surface area contributed by atoms with E-state index in [2.05, 4.69) is 0 Å². The second kappa shape index (κ2) is 5.98. The van der Waals surface area contributed by atoms with Gasteiger partial charge in [0, 0.05) is 26.7 Å². The smallest absolute Gasteiger partial charge is 0.324 e. The van der Waals surface area contributed by atoms with E-state index in [1.165, 1.54) is 13.8 Å². The van der Waals surface area contributed by atoms with Crippen molar-refractivity contribution in [1.29, 1.82) is 0 Å². The van der Waals surface area contributed by atoms with Crippen molar-refractivity contribution in [1.82, 2.24) is 0 Å². The fourth-order valence-corrected chi connectivity index (χ4v) is 1.81. The average Bonchev–Trinajstić information content (AvgIpc) is 2.22. The number of hydrogen-bond acceptors (Lipinski definition) is 5. The molecule has 1 saturated heterocycles. The third-order valence-electron chi connectivity index (χ3n) is 2.75. The molecule has 0 aliphatic carbocycles. The van der Waals surface area contributed by atoms with Crippen LogP contribution in [0.4, 0.5) is 0 Å². The second-order valence-electron chi connectivity index (χ2n) is 4.99. The maximum Gasteiger partial charge on any atom is 0.324 e. The highest BCUT2D eigenvalue weighted by molar-refractivity contribution is 6.00. The van der Waals surface area contributed by atoms with Gasteiger partial charge >= 0.3 is 11.9 Å². The zero-order valence-electron chi connectivity index (χ0n) is 11.2. The summed E-state index contributed by atoms with van der Waals surface area (Å²) < 4.78 is 9.90. The Morgan fingerprint density at radius 1 is 1.17 bits per heavy atom. The Bertz CT molecular complexity index is 325. The highest BCUT2D eigenvalue weighted by atomic mass is 16.7. The van der Waals surface area contributed by atoms with Crippen LogP contribution in [0, 0.1) is 5.92 Å². The van der Waals surface area contributed by atoms with Crippen molar-refractivity contribution in [2.75, 3.05) is 0 Å². The lowest BCUT2D eigenvalue weighted by Crippen LogP contribution is -2.46. The van der Waals surface area contributed by atoms with E-state index in [0.717, 1.165) is 19.3 Å². The van der Waals surface area contributed by atoms with Crippen molar-refractivity contribution in [2.24, 2.45) is 5.92 Å². The monoisotopic (exact) mass is 256 g/mol. The summed E-state index contributed by atoms with van der Waals surface area (Å²) in [4.78, 5) is 34.8. The summed E-state index contributed by atoms with van der Waals surface area (Å²) in [6, 6.07) is 0. The molecule has 0 saturated carbocycles. The zero-order valence-corrected chi connectivity index (χ0v) is 11.2. The first-order valence-corrected chi connectivity index (χ1v) is 6.33. The van der Waals surface area contributed by atoms with E-state index in [4.69, 9.17) is 9.47 Å². The van der Waals surface area contributed by atoms with E-state index in [1.807, 2.05) is 6.92 Å². The Labute approximate surface area is 107 Å². The molecule has 1 fully saturated rings. The van der Waals surface area contributed by atoms with Crippen LogP contribution in [0.3, 0.4) is 0 Å². The van der Waals surface area contributed by atoms with Crippen LogP contribution < -0.4 is 0 Å². The molecule has 0 unspecified atom stereocenters. The summed E-state index contributed by atoms with van der Waals surface area (Å²) in [7, 11) is 0. The van der Waals surface area contributed by atoms with E-state index >= 15 is 0 Å². The number of esters is 2. The molecule has 1 rings (SSSR count). The predicted molar refractivity (Wildman–Crippen MR) is 63.5 cm³/mol. The van der Waals surface area contributed by atoms with Gasteiger partial charge in [-0.3, -0.25) is 14.4 Å². The first kappa shape index (κ1) is 14.7. The molecule has 18 heavy (non-hydrogen) atoms. The number of unbranched alkanes of at least 4 members (excludes halogenated alkanes) is 2. The minimum absolute atomic E-state index is 0.0953. The van der Waals surface area contributed by atoms with Gasteiger partial charge in [-0.1, -0.05) is 19.8 Å². The molecular weight excluding hydrogens is 236 g/mol. The van der Waals surface area contributed by atoms with Crippen LogP contribution in [0.25, 0.3) is 0 Å². The lowest BCUT2D eigenvalue weighted by Gasteiger charge is -2.32. The maximum atomic E-state index is 11.6. The maximum absolute atomic E-state index is 11.6. The predicted octanol–water partition coefficient (Wildman–Crippen LogP) is 1.98. The molecule has 0 aromatic rings. The largest absolute Gasteiger partial charge is 0.422 e. The summed E-state index contributed by atoms with van der Waals surface area (Å²) in [6.07, 6.45) is 3.07. The normalized spacial score (nSPS) is 19.3. The lowest BCUT2D eigenvalue weighted by atomic mass is 9.98. The van der Waals surface area contributed by atoms with Crippen molar-refractivity contribution in [3.05, 3.63) is 0 Å². The van der Waals surface area contributed by atoms with Crippen LogP contribution in [0.2, 0.25) is 0 Å². The number of carbonyl (C=O) groups excluding carboxylic acids is 3. The molecule has 0 N–H and O–H groups in total. The van der Waals surface area contributed by atoms with Gasteiger partial charge in [0.1, 0.15) is 5.78 Å². The van der Waals surface area contributed by atoms with Crippen molar-refractivity contribution >= 4 is 17.7 Å². The standard InChI is InChI=1S/C13H20O5/c1-4-5-6-7-9(14)8-10-11(15)17-13(2,3)18-12(10)16/h10H,4-8H2,1-3H3. The molecule has 1 heterocycles. The summed E-state index contributed by atoms with van der Waals surface area (Å²) >= 11 is 0. The Hall–Kier alpha value is -1.39. The number of rotatable bonds is 6. The number of cyclic esters (lactones) is 2. The summed E-state index contributed by atoms with van der Waals surface area (Å²) in [5.41, 5.74) is 0. The molecule has 1 aliphatic rings. The van der Waals surface area contributed by atoms with Crippen LogP contribution in [-0.4, -0.2) is 23.5 Å². The van der Waals surface area contributed by atoms with Gasteiger partial charge < -0.3 is 9.47 Å². The van der Waals surface area contributed by atoms with Crippen molar-refractivity contribution in [3.63, 3.8) is 0 Å². The quantitative estimate of drug-likeness (QED) is 0.413. The fourth-order valence-electron chi connectivity index (χ4n) is 1.81. The molecule has 0 radical (unpaired) electrons. The van der Waals surface area contributed by atoms with Crippen LogP contribution >= 0.6 is 0 Å². The summed E-state index contributed by atoms with van der Waals surface area (Å²) in [6.45, 7) is 5.02. The summed E-state index contributed by atoms with van der Waals surface area (Å²) in [5.74, 6) is -3.75. The van der Waals surface area contributed by atoms with Gasteiger partial charge in [0.25, 0.3) is 5.79 Å². The SMILES string of the molecule is CCCCCC(=O)CC1C(=O)OC(C)(C)OC1=O. The third-order valence-corrected chi connectivity index (χ3v) is 2.75. The highest BCUT2D eigenvalue weighted by Gasteiger charge is 2.43. The van der Waals surface area contributed by atoms with Crippen LogP contribution in [0.15, 0.2) is 0 Å². The van der Waals surface area contributed by atoms with Gasteiger partial charge in [0.05, 0.1) is 0 Å². The average molecular weight is 256 g/mol. The van der Waals surface area contributed by atoms with E-state index in [-0.39, 0.29) is 12.2 Å². The van der Waals surface area contributed by atoms with Gasteiger partial charge in [0.2, 0.25) is 0 Å². The molecule has 0 bridgehead atoms. The molecule has 5 nitrogen and oxygen atoms in total. The minimum Gasteiger partial charge on any atom is -0.422 e. The Balaban J connectivity index is 2.49. The van der Waals surface area contributed by atoms with E-state index < -0.39 is 23.6 Å².